The zero-order chi connectivity index (χ0) is 21.8. The molecule has 31 heavy (non-hydrogen) atoms. The minimum absolute atomic E-state index is 0.0222. The van der Waals surface area contributed by atoms with Gasteiger partial charge in [-0.2, -0.15) is 0 Å². The van der Waals surface area contributed by atoms with Crippen molar-refractivity contribution in [2.24, 2.45) is 0 Å². The van der Waals surface area contributed by atoms with Gasteiger partial charge in [0.15, 0.2) is 6.61 Å². The van der Waals surface area contributed by atoms with E-state index in [-0.39, 0.29) is 18.4 Å². The summed E-state index contributed by atoms with van der Waals surface area (Å²) in [7, 11) is 0. The largest absolute Gasteiger partial charge is 0.482 e. The molecular formula is C25H21ClN2O3. The van der Waals surface area contributed by atoms with Crippen LogP contribution in [-0.4, -0.2) is 18.4 Å². The molecule has 3 aromatic carbocycles. The third kappa shape index (κ3) is 5.13. The number of hydrogen-bond donors (Lipinski definition) is 1. The highest BCUT2D eigenvalue weighted by atomic mass is 35.5. The Morgan fingerprint density at radius 1 is 1.10 bits per heavy atom. The summed E-state index contributed by atoms with van der Waals surface area (Å²) in [6, 6.07) is 20.5. The zero-order valence-corrected chi connectivity index (χ0v) is 17.7. The molecule has 3 aromatic rings. The Balaban J connectivity index is 1.51. The first kappa shape index (κ1) is 20.7. The Kier molecular flexibility index (Phi) is 6.05. The van der Waals surface area contributed by atoms with Gasteiger partial charge in [-0.15, -0.1) is 0 Å². The molecule has 1 heterocycles. The van der Waals surface area contributed by atoms with Gasteiger partial charge in [0, 0.05) is 16.8 Å². The fraction of sp³-hybridized carbons (Fsp3) is 0.120. The second-order valence-electron chi connectivity index (χ2n) is 7.31. The smallest absolute Gasteiger partial charge is 0.265 e. The van der Waals surface area contributed by atoms with Crippen LogP contribution in [0.3, 0.4) is 0 Å². The SMILES string of the molecule is Cc1ccc(/C=C/C(=O)Nc2ccc3c(c2)N(Cc2ccc(Cl)cc2)C(=O)CO3)cc1. The molecular weight excluding hydrogens is 412 g/mol. The number of nitrogens with zero attached hydrogens (tertiary/aromatic N) is 1. The quantitative estimate of drug-likeness (QED) is 0.562. The van der Waals surface area contributed by atoms with Crippen molar-refractivity contribution in [1.82, 2.24) is 0 Å². The Hall–Kier alpha value is -3.57. The molecule has 0 spiro atoms. The first-order valence-corrected chi connectivity index (χ1v) is 10.2. The van der Waals surface area contributed by atoms with E-state index in [1.807, 2.05) is 43.3 Å². The number of carbonyl (C=O) groups is 2. The van der Waals surface area contributed by atoms with E-state index in [1.54, 1.807) is 41.3 Å². The van der Waals surface area contributed by atoms with Gasteiger partial charge in [0.1, 0.15) is 5.75 Å². The summed E-state index contributed by atoms with van der Waals surface area (Å²) < 4.78 is 5.56. The van der Waals surface area contributed by atoms with E-state index in [9.17, 15) is 9.59 Å². The van der Waals surface area contributed by atoms with Crippen LogP contribution in [0.25, 0.3) is 6.08 Å². The van der Waals surface area contributed by atoms with Crippen LogP contribution in [0.2, 0.25) is 5.02 Å². The number of rotatable bonds is 5. The van der Waals surface area contributed by atoms with E-state index in [0.717, 1.165) is 16.7 Å². The fourth-order valence-corrected chi connectivity index (χ4v) is 3.39. The summed E-state index contributed by atoms with van der Waals surface area (Å²) in [5, 5.41) is 3.48. The van der Waals surface area contributed by atoms with Gasteiger partial charge in [0.05, 0.1) is 12.2 Å². The molecule has 2 amide bonds. The molecule has 0 atom stereocenters. The number of ether oxygens (including phenoxy) is 1. The zero-order valence-electron chi connectivity index (χ0n) is 17.0. The monoisotopic (exact) mass is 432 g/mol. The minimum atomic E-state index is -0.257. The number of halogens is 1. The number of anilines is 2. The van der Waals surface area contributed by atoms with Crippen LogP contribution in [0, 0.1) is 6.92 Å². The highest BCUT2D eigenvalue weighted by Gasteiger charge is 2.26. The lowest BCUT2D eigenvalue weighted by Crippen LogP contribution is -2.38. The Labute approximate surface area is 185 Å². The number of carbonyl (C=O) groups excluding carboxylic acids is 2. The number of fused-ring (bicyclic) bond motifs is 1. The lowest BCUT2D eigenvalue weighted by molar-refractivity contribution is -0.121. The molecule has 1 aliphatic rings. The summed E-state index contributed by atoms with van der Waals surface area (Å²) in [4.78, 5) is 26.5. The van der Waals surface area contributed by atoms with Crippen molar-refractivity contribution in [3.8, 4) is 5.75 Å². The van der Waals surface area contributed by atoms with Gasteiger partial charge in [-0.05, 0) is 54.5 Å². The van der Waals surface area contributed by atoms with Crippen molar-refractivity contribution >= 4 is 40.9 Å². The summed E-state index contributed by atoms with van der Waals surface area (Å²) in [5.74, 6) is 0.194. The van der Waals surface area contributed by atoms with Gasteiger partial charge in [0.2, 0.25) is 5.91 Å². The molecule has 0 bridgehead atoms. The van der Waals surface area contributed by atoms with E-state index >= 15 is 0 Å². The van der Waals surface area contributed by atoms with Crippen molar-refractivity contribution in [3.05, 3.63) is 94.5 Å². The average molecular weight is 433 g/mol. The Morgan fingerprint density at radius 3 is 2.58 bits per heavy atom. The topological polar surface area (TPSA) is 58.6 Å². The van der Waals surface area contributed by atoms with E-state index in [0.29, 0.717) is 28.7 Å². The number of nitrogens with one attached hydrogen (secondary N) is 1. The molecule has 0 fully saturated rings. The molecule has 0 radical (unpaired) electrons. The molecule has 6 heteroatoms. The van der Waals surface area contributed by atoms with Gasteiger partial charge in [-0.3, -0.25) is 9.59 Å². The van der Waals surface area contributed by atoms with E-state index in [1.165, 1.54) is 6.08 Å². The van der Waals surface area contributed by atoms with Gasteiger partial charge < -0.3 is 15.0 Å². The van der Waals surface area contributed by atoms with Gasteiger partial charge in [-0.25, -0.2) is 0 Å². The maximum absolute atomic E-state index is 12.5. The predicted molar refractivity (Wildman–Crippen MR) is 123 cm³/mol. The lowest BCUT2D eigenvalue weighted by atomic mass is 10.1. The minimum Gasteiger partial charge on any atom is -0.482 e. The Morgan fingerprint density at radius 2 is 1.84 bits per heavy atom. The molecule has 0 saturated heterocycles. The van der Waals surface area contributed by atoms with Crippen molar-refractivity contribution in [2.75, 3.05) is 16.8 Å². The molecule has 0 aliphatic carbocycles. The third-order valence-corrected chi connectivity index (χ3v) is 5.18. The molecule has 1 aliphatic heterocycles. The van der Waals surface area contributed by atoms with Crippen molar-refractivity contribution in [2.45, 2.75) is 13.5 Å². The lowest BCUT2D eigenvalue weighted by Gasteiger charge is -2.30. The fourth-order valence-electron chi connectivity index (χ4n) is 3.26. The highest BCUT2D eigenvalue weighted by Crippen LogP contribution is 2.35. The first-order chi connectivity index (χ1) is 15.0. The van der Waals surface area contributed by atoms with Crippen LogP contribution in [0.15, 0.2) is 72.8 Å². The van der Waals surface area contributed by atoms with Crippen LogP contribution in [-0.2, 0) is 16.1 Å². The summed E-state index contributed by atoms with van der Waals surface area (Å²) >= 11 is 5.96. The van der Waals surface area contributed by atoms with Gasteiger partial charge in [0.25, 0.3) is 5.91 Å². The molecule has 0 saturated carbocycles. The maximum atomic E-state index is 12.5. The number of aryl methyl sites for hydroxylation is 1. The Bertz CT molecular complexity index is 1140. The van der Waals surface area contributed by atoms with Crippen LogP contribution in [0.1, 0.15) is 16.7 Å². The van der Waals surface area contributed by atoms with Crippen LogP contribution < -0.4 is 15.0 Å². The number of hydrogen-bond acceptors (Lipinski definition) is 3. The average Bonchev–Trinajstić information content (AvgIpc) is 2.77. The van der Waals surface area contributed by atoms with Gasteiger partial charge in [-0.1, -0.05) is 53.6 Å². The van der Waals surface area contributed by atoms with E-state index < -0.39 is 0 Å². The number of benzene rings is 3. The van der Waals surface area contributed by atoms with Crippen LogP contribution >= 0.6 is 11.6 Å². The second kappa shape index (κ2) is 9.06. The van der Waals surface area contributed by atoms with Crippen LogP contribution in [0.5, 0.6) is 5.75 Å². The van der Waals surface area contributed by atoms with Crippen molar-refractivity contribution in [3.63, 3.8) is 0 Å². The van der Waals surface area contributed by atoms with Crippen molar-refractivity contribution in [1.29, 1.82) is 0 Å². The van der Waals surface area contributed by atoms with E-state index in [2.05, 4.69) is 5.32 Å². The normalized spacial score (nSPS) is 13.1. The molecule has 0 aromatic heterocycles. The van der Waals surface area contributed by atoms with Gasteiger partial charge >= 0.3 is 0 Å². The van der Waals surface area contributed by atoms with Crippen LogP contribution in [0.4, 0.5) is 11.4 Å². The molecule has 5 nitrogen and oxygen atoms in total. The first-order valence-electron chi connectivity index (χ1n) is 9.85. The maximum Gasteiger partial charge on any atom is 0.265 e. The van der Waals surface area contributed by atoms with Crippen molar-refractivity contribution < 1.29 is 14.3 Å². The molecule has 4 rings (SSSR count). The van der Waals surface area contributed by atoms with E-state index in [4.69, 9.17) is 16.3 Å². The standard InChI is InChI=1S/C25H21ClN2O3/c1-17-2-4-18(5-3-17)8-13-24(29)27-21-11-12-23-22(14-21)28(25(30)16-31-23)15-19-6-9-20(26)10-7-19/h2-14H,15-16H2,1H3,(H,27,29)/b13-8+. The summed E-state index contributed by atoms with van der Waals surface area (Å²) in [5.41, 5.74) is 4.25. The summed E-state index contributed by atoms with van der Waals surface area (Å²) in [6.07, 6.45) is 3.24. The molecule has 0 unspecified atom stereocenters. The predicted octanol–water partition coefficient (Wildman–Crippen LogP) is 5.23. The molecule has 1 N–H and O–H groups in total. The second-order valence-corrected chi connectivity index (χ2v) is 7.75. The molecule has 156 valence electrons. The summed E-state index contributed by atoms with van der Waals surface area (Å²) in [6.45, 7) is 2.38. The number of amides is 2. The third-order valence-electron chi connectivity index (χ3n) is 4.93. The highest BCUT2D eigenvalue weighted by molar-refractivity contribution is 6.30.